The number of morpholine rings is 1. The maximum atomic E-state index is 14.3. The highest BCUT2D eigenvalue weighted by atomic mass is 16.7. The molecule has 2 atom stereocenters. The number of carbonyl (C=O) groups excluding carboxylic acids is 1. The SMILES string of the molecule is O=C(c1ccc(N2CCOCC2)c([N+](=O)[O-])c1)N1N=C2/C(=C\c3ccc4c(c3)OCO4)CCC[C@@H]2[C@@H]1c1ccc2c(c1)OCO2. The lowest BCUT2D eigenvalue weighted by Crippen LogP contribution is -2.36. The molecule has 0 N–H and O–H groups in total. The van der Waals surface area contributed by atoms with Crippen LogP contribution in [0, 0.1) is 16.0 Å². The van der Waals surface area contributed by atoms with Crippen LogP contribution in [0.15, 0.2) is 65.3 Å². The summed E-state index contributed by atoms with van der Waals surface area (Å²) in [5.41, 5.74) is 4.26. The Morgan fingerprint density at radius 1 is 0.911 bits per heavy atom. The molecule has 0 unspecified atom stereocenters. The first kappa shape index (κ1) is 27.4. The molecule has 12 nitrogen and oxygen atoms in total. The summed E-state index contributed by atoms with van der Waals surface area (Å²) >= 11 is 0. The van der Waals surface area contributed by atoms with Gasteiger partial charge in [-0.2, -0.15) is 5.10 Å². The molecule has 1 aliphatic carbocycles. The Bertz CT molecular complexity index is 1770. The first-order chi connectivity index (χ1) is 22.0. The number of nitro groups is 1. The number of allylic oxidation sites excluding steroid dienone is 1. The van der Waals surface area contributed by atoms with Gasteiger partial charge in [0, 0.05) is 30.6 Å². The monoisotopic (exact) mass is 610 g/mol. The van der Waals surface area contributed by atoms with Gasteiger partial charge in [0.1, 0.15) is 5.69 Å². The predicted octanol–water partition coefficient (Wildman–Crippen LogP) is 5.33. The highest BCUT2D eigenvalue weighted by Crippen LogP contribution is 2.47. The molecule has 2 fully saturated rings. The number of carbonyl (C=O) groups is 1. The van der Waals surface area contributed by atoms with E-state index in [0.29, 0.717) is 55.0 Å². The average molecular weight is 611 g/mol. The lowest BCUT2D eigenvalue weighted by molar-refractivity contribution is -0.384. The molecule has 0 bridgehead atoms. The van der Waals surface area contributed by atoms with Gasteiger partial charge in [0.15, 0.2) is 23.0 Å². The fourth-order valence-electron chi connectivity index (χ4n) is 6.81. The quantitative estimate of drug-likeness (QED) is 0.279. The number of anilines is 1. The van der Waals surface area contributed by atoms with E-state index in [1.165, 1.54) is 11.1 Å². The maximum absolute atomic E-state index is 14.3. The van der Waals surface area contributed by atoms with Gasteiger partial charge in [-0.3, -0.25) is 14.9 Å². The van der Waals surface area contributed by atoms with E-state index in [2.05, 4.69) is 6.08 Å². The van der Waals surface area contributed by atoms with E-state index in [1.54, 1.807) is 12.1 Å². The van der Waals surface area contributed by atoms with Crippen molar-refractivity contribution in [3.63, 3.8) is 0 Å². The van der Waals surface area contributed by atoms with Gasteiger partial charge in [-0.15, -0.1) is 0 Å². The van der Waals surface area contributed by atoms with Crippen molar-refractivity contribution in [2.24, 2.45) is 11.0 Å². The van der Waals surface area contributed by atoms with Crippen LogP contribution in [0.5, 0.6) is 23.0 Å². The number of rotatable bonds is 5. The van der Waals surface area contributed by atoms with Gasteiger partial charge in [0.25, 0.3) is 11.6 Å². The summed E-state index contributed by atoms with van der Waals surface area (Å²) in [4.78, 5) is 28.0. The third-order valence-corrected chi connectivity index (χ3v) is 8.96. The van der Waals surface area contributed by atoms with E-state index in [4.69, 9.17) is 28.8 Å². The lowest BCUT2D eigenvalue weighted by atomic mass is 9.77. The second-order valence-corrected chi connectivity index (χ2v) is 11.5. The van der Waals surface area contributed by atoms with Crippen LogP contribution in [0.3, 0.4) is 0 Å². The number of amides is 1. The zero-order valence-electron chi connectivity index (χ0n) is 24.3. The molecular formula is C33H30N4O8. The smallest absolute Gasteiger partial charge is 0.293 e. The van der Waals surface area contributed by atoms with Gasteiger partial charge in [0.05, 0.1) is 29.9 Å². The number of nitro benzene ring substituents is 1. The summed E-state index contributed by atoms with van der Waals surface area (Å²) in [5.74, 6) is 2.19. The predicted molar refractivity (Wildman–Crippen MR) is 163 cm³/mol. The summed E-state index contributed by atoms with van der Waals surface area (Å²) in [6, 6.07) is 15.8. The van der Waals surface area contributed by atoms with E-state index >= 15 is 0 Å². The molecule has 3 aromatic carbocycles. The Hall–Kier alpha value is -5.10. The van der Waals surface area contributed by atoms with Crippen LogP contribution in [0.2, 0.25) is 0 Å². The minimum Gasteiger partial charge on any atom is -0.454 e. The Morgan fingerprint density at radius 2 is 1.64 bits per heavy atom. The Labute approximate surface area is 258 Å². The van der Waals surface area contributed by atoms with Crippen molar-refractivity contribution in [1.29, 1.82) is 0 Å². The molecule has 0 aromatic heterocycles. The van der Waals surface area contributed by atoms with Crippen molar-refractivity contribution in [2.75, 3.05) is 44.8 Å². The molecule has 0 radical (unpaired) electrons. The van der Waals surface area contributed by atoms with E-state index in [-0.39, 0.29) is 30.8 Å². The van der Waals surface area contributed by atoms with Crippen LogP contribution in [-0.2, 0) is 4.74 Å². The largest absolute Gasteiger partial charge is 0.454 e. The van der Waals surface area contributed by atoms with E-state index in [1.807, 2.05) is 41.3 Å². The van der Waals surface area contributed by atoms with E-state index < -0.39 is 16.9 Å². The number of fused-ring (bicyclic) bond motifs is 3. The second kappa shape index (κ2) is 11.1. The fraction of sp³-hybridized carbons (Fsp3) is 0.333. The summed E-state index contributed by atoms with van der Waals surface area (Å²) < 4.78 is 27.7. The Balaban J connectivity index is 1.19. The zero-order valence-corrected chi connectivity index (χ0v) is 24.3. The molecule has 4 heterocycles. The minimum atomic E-state index is -0.432. The van der Waals surface area contributed by atoms with Gasteiger partial charge in [-0.1, -0.05) is 12.1 Å². The first-order valence-corrected chi connectivity index (χ1v) is 15.1. The molecule has 8 rings (SSSR count). The second-order valence-electron chi connectivity index (χ2n) is 11.5. The van der Waals surface area contributed by atoms with Crippen molar-refractivity contribution >= 4 is 29.1 Å². The van der Waals surface area contributed by atoms with Gasteiger partial charge in [-0.05, 0) is 78.4 Å². The van der Waals surface area contributed by atoms with Gasteiger partial charge < -0.3 is 28.6 Å². The normalized spacial score (nSPS) is 22.4. The number of hydrazone groups is 1. The van der Waals surface area contributed by atoms with Gasteiger partial charge in [0.2, 0.25) is 13.6 Å². The van der Waals surface area contributed by atoms with Crippen LogP contribution in [0.25, 0.3) is 6.08 Å². The molecule has 5 aliphatic rings. The molecule has 4 aliphatic heterocycles. The van der Waals surface area contributed by atoms with Crippen molar-refractivity contribution in [3.05, 3.63) is 87.0 Å². The highest BCUT2D eigenvalue weighted by Gasteiger charge is 2.44. The number of hydrogen-bond acceptors (Lipinski definition) is 10. The number of benzene rings is 3. The molecule has 1 saturated heterocycles. The maximum Gasteiger partial charge on any atom is 0.293 e. The zero-order chi connectivity index (χ0) is 30.5. The topological polar surface area (TPSA) is 125 Å². The molecule has 12 heteroatoms. The third kappa shape index (κ3) is 4.91. The minimum absolute atomic E-state index is 0.0778. The van der Waals surface area contributed by atoms with Crippen LogP contribution in [0.4, 0.5) is 11.4 Å². The summed E-state index contributed by atoms with van der Waals surface area (Å²) in [6.07, 6.45) is 4.65. The number of nitrogens with zero attached hydrogens (tertiary/aromatic N) is 4. The summed E-state index contributed by atoms with van der Waals surface area (Å²) in [6.45, 7) is 2.40. The molecule has 45 heavy (non-hydrogen) atoms. The molecule has 0 spiro atoms. The fourth-order valence-corrected chi connectivity index (χ4v) is 6.81. The van der Waals surface area contributed by atoms with Crippen LogP contribution >= 0.6 is 0 Å². The molecular weight excluding hydrogens is 580 g/mol. The average Bonchev–Trinajstić information content (AvgIpc) is 3.83. The number of ether oxygens (including phenoxy) is 5. The van der Waals surface area contributed by atoms with E-state index in [9.17, 15) is 14.9 Å². The molecule has 1 amide bonds. The molecule has 230 valence electrons. The van der Waals surface area contributed by atoms with Gasteiger partial charge in [-0.25, -0.2) is 5.01 Å². The van der Waals surface area contributed by atoms with Crippen molar-refractivity contribution in [2.45, 2.75) is 25.3 Å². The van der Waals surface area contributed by atoms with Crippen molar-refractivity contribution < 1.29 is 33.4 Å². The highest BCUT2D eigenvalue weighted by molar-refractivity contribution is 6.09. The summed E-state index contributed by atoms with van der Waals surface area (Å²) in [7, 11) is 0. The van der Waals surface area contributed by atoms with Crippen LogP contribution in [0.1, 0.15) is 46.8 Å². The molecule has 3 aromatic rings. The third-order valence-electron chi connectivity index (χ3n) is 8.96. The van der Waals surface area contributed by atoms with Crippen LogP contribution < -0.4 is 23.8 Å². The Morgan fingerprint density at radius 3 is 2.42 bits per heavy atom. The van der Waals surface area contributed by atoms with E-state index in [0.717, 1.165) is 41.7 Å². The van der Waals surface area contributed by atoms with Crippen molar-refractivity contribution in [3.8, 4) is 23.0 Å². The summed E-state index contributed by atoms with van der Waals surface area (Å²) in [5, 5.41) is 18.7. The van der Waals surface area contributed by atoms with Gasteiger partial charge >= 0.3 is 0 Å². The molecule has 1 saturated carbocycles. The lowest BCUT2D eigenvalue weighted by Gasteiger charge is -2.30. The van der Waals surface area contributed by atoms with Crippen LogP contribution in [-0.4, -0.2) is 61.4 Å². The number of hydrogen-bond donors (Lipinski definition) is 0. The first-order valence-electron chi connectivity index (χ1n) is 15.1. The van der Waals surface area contributed by atoms with Crippen molar-refractivity contribution in [1.82, 2.24) is 5.01 Å². The standard InChI is InChI=1S/C33H30N4O8/c38-33(23-5-7-25(26(16-23)37(39)40)35-10-12-41-13-11-35)36-32(22-6-9-28-30(17-22)45-19-43-28)24-3-1-2-21(31(24)34-36)14-20-4-8-27-29(15-20)44-18-42-27/h4-9,14-17,24,32H,1-3,10-13,18-19H2/b21-14-/t24-,32-/m0/s1. The Kier molecular flexibility index (Phi) is 6.78.